The first kappa shape index (κ1) is 16.7. The van der Waals surface area contributed by atoms with E-state index >= 15 is 0 Å². The van der Waals surface area contributed by atoms with Gasteiger partial charge in [0.2, 0.25) is 0 Å². The number of carbonyl (C=O) groups is 1. The van der Waals surface area contributed by atoms with E-state index < -0.39 is 0 Å². The molecule has 26 heavy (non-hydrogen) atoms. The molecule has 0 aliphatic carbocycles. The van der Waals surface area contributed by atoms with Gasteiger partial charge in [0, 0.05) is 16.5 Å². The summed E-state index contributed by atoms with van der Waals surface area (Å²) < 4.78 is 5.23. The number of carbonyl (C=O) groups excluding carboxylic acids is 1. The zero-order chi connectivity index (χ0) is 17.9. The van der Waals surface area contributed by atoms with Gasteiger partial charge in [-0.2, -0.15) is 0 Å². The number of pyridine rings is 1. The molecule has 4 rings (SSSR count). The van der Waals surface area contributed by atoms with Gasteiger partial charge >= 0.3 is 0 Å². The average molecular weight is 346 g/mol. The second-order valence-corrected chi connectivity index (χ2v) is 6.67. The summed E-state index contributed by atoms with van der Waals surface area (Å²) in [4.78, 5) is 18.0. The smallest absolute Gasteiger partial charge is 0.180 e. The van der Waals surface area contributed by atoms with Crippen LogP contribution in [-0.2, 0) is 0 Å². The van der Waals surface area contributed by atoms with E-state index in [2.05, 4.69) is 5.32 Å². The predicted octanol–water partition coefficient (Wildman–Crippen LogP) is 4.24. The van der Waals surface area contributed by atoms with Crippen LogP contribution in [0.1, 0.15) is 29.6 Å². The van der Waals surface area contributed by atoms with Gasteiger partial charge in [0.25, 0.3) is 0 Å². The molecular weight excluding hydrogens is 324 g/mol. The number of ether oxygens (including phenoxy) is 1. The molecule has 4 heteroatoms. The Balaban J connectivity index is 1.81. The van der Waals surface area contributed by atoms with Crippen LogP contribution < -0.4 is 10.1 Å². The van der Waals surface area contributed by atoms with Crippen molar-refractivity contribution >= 4 is 16.7 Å². The monoisotopic (exact) mass is 346 g/mol. The number of fused-ring (bicyclic) bond motifs is 1. The number of rotatable bonds is 4. The largest absolute Gasteiger partial charge is 0.497 e. The Morgan fingerprint density at radius 2 is 1.92 bits per heavy atom. The minimum atomic E-state index is -0.0988. The summed E-state index contributed by atoms with van der Waals surface area (Å²) in [6, 6.07) is 17.5. The van der Waals surface area contributed by atoms with Gasteiger partial charge in [-0.15, -0.1) is 0 Å². The Labute approximate surface area is 153 Å². The van der Waals surface area contributed by atoms with E-state index in [1.807, 2.05) is 54.6 Å². The van der Waals surface area contributed by atoms with Gasteiger partial charge in [-0.25, -0.2) is 4.98 Å². The summed E-state index contributed by atoms with van der Waals surface area (Å²) >= 11 is 0. The summed E-state index contributed by atoms with van der Waals surface area (Å²) in [5, 5.41) is 4.29. The first-order valence-electron chi connectivity index (χ1n) is 9.08. The van der Waals surface area contributed by atoms with Gasteiger partial charge in [-0.1, -0.05) is 24.6 Å². The van der Waals surface area contributed by atoms with Crippen LogP contribution in [0.4, 0.5) is 0 Å². The van der Waals surface area contributed by atoms with E-state index in [0.717, 1.165) is 59.3 Å². The fourth-order valence-electron chi connectivity index (χ4n) is 3.55. The van der Waals surface area contributed by atoms with E-state index in [-0.39, 0.29) is 11.8 Å². The number of hydrogen-bond donors (Lipinski definition) is 1. The zero-order valence-electron chi connectivity index (χ0n) is 14.9. The highest BCUT2D eigenvalue weighted by Gasteiger charge is 2.24. The van der Waals surface area contributed by atoms with Gasteiger partial charge in [0.1, 0.15) is 5.75 Å². The van der Waals surface area contributed by atoms with Gasteiger partial charge < -0.3 is 10.1 Å². The number of Topliss-reactive ketones (excluding diaryl/α,β-unsaturated/α-hetero) is 1. The molecule has 2 aromatic carbocycles. The first-order valence-corrected chi connectivity index (χ1v) is 9.08. The lowest BCUT2D eigenvalue weighted by molar-refractivity contribution is 0.0929. The van der Waals surface area contributed by atoms with Crippen LogP contribution in [0.15, 0.2) is 54.6 Å². The topological polar surface area (TPSA) is 51.2 Å². The first-order chi connectivity index (χ1) is 12.8. The maximum absolute atomic E-state index is 13.2. The standard InChI is InChI=1S/C22H22N2O2/c1-26-16-11-9-15(10-12-16)21-14-18(17-6-2-3-7-19(17)24-21)22(25)20-8-4-5-13-23-20/h2-3,6-7,9-12,14,20,23H,4-5,8,13H2,1H3. The Kier molecular flexibility index (Phi) is 4.67. The second-order valence-electron chi connectivity index (χ2n) is 6.67. The minimum Gasteiger partial charge on any atom is -0.497 e. The number of piperidine rings is 1. The Morgan fingerprint density at radius 3 is 2.65 bits per heavy atom. The van der Waals surface area contributed by atoms with Crippen molar-refractivity contribution in [2.45, 2.75) is 25.3 Å². The molecule has 0 spiro atoms. The van der Waals surface area contributed by atoms with Crippen molar-refractivity contribution in [2.24, 2.45) is 0 Å². The SMILES string of the molecule is COc1ccc(-c2cc(C(=O)C3CCCCN3)c3ccccc3n2)cc1. The molecule has 1 aliphatic heterocycles. The quantitative estimate of drug-likeness (QED) is 0.718. The Morgan fingerprint density at radius 1 is 1.12 bits per heavy atom. The lowest BCUT2D eigenvalue weighted by Gasteiger charge is -2.23. The number of nitrogens with one attached hydrogen (secondary N) is 1. The number of aromatic nitrogens is 1. The maximum atomic E-state index is 13.2. The predicted molar refractivity (Wildman–Crippen MR) is 104 cm³/mol. The molecule has 1 aliphatic rings. The molecule has 3 aromatic rings. The molecular formula is C22H22N2O2. The lowest BCUT2D eigenvalue weighted by Crippen LogP contribution is -2.40. The van der Waals surface area contributed by atoms with E-state index in [1.54, 1.807) is 7.11 Å². The van der Waals surface area contributed by atoms with E-state index in [9.17, 15) is 4.79 Å². The third-order valence-corrected chi connectivity index (χ3v) is 4.99. The van der Waals surface area contributed by atoms with Crippen LogP contribution in [0, 0.1) is 0 Å². The number of methoxy groups -OCH3 is 1. The van der Waals surface area contributed by atoms with E-state index in [4.69, 9.17) is 9.72 Å². The van der Waals surface area contributed by atoms with Crippen molar-refractivity contribution in [3.05, 3.63) is 60.2 Å². The Bertz CT molecular complexity index is 929. The third-order valence-electron chi connectivity index (χ3n) is 4.99. The fraction of sp³-hybridized carbons (Fsp3) is 0.273. The normalized spacial score (nSPS) is 17.2. The number of benzene rings is 2. The number of ketones is 1. The molecule has 1 aromatic heterocycles. The number of hydrogen-bond acceptors (Lipinski definition) is 4. The highest BCUT2D eigenvalue weighted by atomic mass is 16.5. The van der Waals surface area contributed by atoms with Gasteiger partial charge in [-0.05, 0) is 55.8 Å². The molecule has 2 heterocycles. The molecule has 0 saturated carbocycles. The van der Waals surface area contributed by atoms with Gasteiger partial charge in [0.05, 0.1) is 24.4 Å². The molecule has 1 unspecified atom stereocenters. The molecule has 1 saturated heterocycles. The van der Waals surface area contributed by atoms with Gasteiger partial charge in [-0.3, -0.25) is 4.79 Å². The third kappa shape index (κ3) is 3.20. The van der Waals surface area contributed by atoms with Crippen molar-refractivity contribution in [3.63, 3.8) is 0 Å². The molecule has 132 valence electrons. The van der Waals surface area contributed by atoms with Crippen molar-refractivity contribution in [1.29, 1.82) is 0 Å². The van der Waals surface area contributed by atoms with Crippen LogP contribution in [0.3, 0.4) is 0 Å². The summed E-state index contributed by atoms with van der Waals surface area (Å²) in [7, 11) is 1.65. The molecule has 0 radical (unpaired) electrons. The van der Waals surface area contributed by atoms with Crippen molar-refractivity contribution < 1.29 is 9.53 Å². The summed E-state index contributed by atoms with van der Waals surface area (Å²) in [6.07, 6.45) is 3.13. The van der Waals surface area contributed by atoms with Crippen LogP contribution in [0.2, 0.25) is 0 Å². The average Bonchev–Trinajstić information content (AvgIpc) is 2.73. The van der Waals surface area contributed by atoms with Crippen LogP contribution in [-0.4, -0.2) is 30.5 Å². The van der Waals surface area contributed by atoms with Crippen LogP contribution >= 0.6 is 0 Å². The van der Waals surface area contributed by atoms with Crippen molar-refractivity contribution in [1.82, 2.24) is 10.3 Å². The van der Waals surface area contributed by atoms with Crippen LogP contribution in [0.5, 0.6) is 5.75 Å². The highest BCUT2D eigenvalue weighted by molar-refractivity contribution is 6.10. The lowest BCUT2D eigenvalue weighted by atomic mass is 9.93. The fourth-order valence-corrected chi connectivity index (χ4v) is 3.55. The van der Waals surface area contributed by atoms with Gasteiger partial charge in [0.15, 0.2) is 5.78 Å². The molecule has 1 fully saturated rings. The summed E-state index contributed by atoms with van der Waals surface area (Å²) in [5.74, 6) is 0.968. The van der Waals surface area contributed by atoms with Crippen molar-refractivity contribution in [3.8, 4) is 17.0 Å². The minimum absolute atomic E-state index is 0.0988. The number of nitrogens with zero attached hydrogens (tertiary/aromatic N) is 1. The zero-order valence-corrected chi connectivity index (χ0v) is 14.9. The molecule has 0 amide bonds. The van der Waals surface area contributed by atoms with E-state index in [1.165, 1.54) is 0 Å². The molecule has 1 atom stereocenters. The van der Waals surface area contributed by atoms with Crippen LogP contribution in [0.25, 0.3) is 22.2 Å². The molecule has 4 nitrogen and oxygen atoms in total. The Hall–Kier alpha value is -2.72. The van der Waals surface area contributed by atoms with Crippen molar-refractivity contribution in [2.75, 3.05) is 13.7 Å². The highest BCUT2D eigenvalue weighted by Crippen LogP contribution is 2.28. The molecule has 1 N–H and O–H groups in total. The summed E-state index contributed by atoms with van der Waals surface area (Å²) in [6.45, 7) is 0.907. The van der Waals surface area contributed by atoms with E-state index in [0.29, 0.717) is 0 Å². The maximum Gasteiger partial charge on any atom is 0.180 e. The molecule has 0 bridgehead atoms. The second kappa shape index (κ2) is 7.26. The number of para-hydroxylation sites is 1. The summed E-state index contributed by atoms with van der Waals surface area (Å²) in [5.41, 5.74) is 3.38.